The summed E-state index contributed by atoms with van der Waals surface area (Å²) in [6, 6.07) is 6.08. The van der Waals surface area contributed by atoms with E-state index in [1.807, 2.05) is 12.1 Å². The van der Waals surface area contributed by atoms with Crippen LogP contribution in [-0.2, 0) is 21.2 Å². The van der Waals surface area contributed by atoms with Gasteiger partial charge in [-0.05, 0) is 55.4 Å². The average Bonchev–Trinajstić information content (AvgIpc) is 2.60. The molecule has 0 unspecified atom stereocenters. The fourth-order valence-corrected chi connectivity index (χ4v) is 4.68. The summed E-state index contributed by atoms with van der Waals surface area (Å²) in [6.07, 6.45) is 5.37. The molecule has 1 aromatic carbocycles. The van der Waals surface area contributed by atoms with E-state index in [4.69, 9.17) is 4.74 Å². The maximum absolute atomic E-state index is 12.7. The lowest BCUT2D eigenvalue weighted by Crippen LogP contribution is -2.43. The van der Waals surface area contributed by atoms with Crippen LogP contribution in [0.3, 0.4) is 0 Å². The first-order valence-corrected chi connectivity index (χ1v) is 10.7. The van der Waals surface area contributed by atoms with Crippen molar-refractivity contribution in [1.82, 2.24) is 9.62 Å². The molecular weight excluding hydrogens is 340 g/mol. The molecule has 0 bridgehead atoms. The van der Waals surface area contributed by atoms with Gasteiger partial charge in [-0.25, -0.2) is 12.7 Å². The Morgan fingerprint density at radius 3 is 2.60 bits per heavy atom. The van der Waals surface area contributed by atoms with Crippen LogP contribution >= 0.6 is 0 Å². The van der Waals surface area contributed by atoms with Crippen LogP contribution < -0.4 is 10.1 Å². The first-order valence-electron chi connectivity index (χ1n) is 8.81. The van der Waals surface area contributed by atoms with Crippen molar-refractivity contribution in [3.63, 3.8) is 0 Å². The molecule has 3 rings (SSSR count). The average molecular weight is 366 g/mol. The second kappa shape index (κ2) is 7.33. The number of fused-ring (bicyclic) bond motifs is 1. The first kappa shape index (κ1) is 18.2. The van der Waals surface area contributed by atoms with Gasteiger partial charge in [-0.3, -0.25) is 4.79 Å². The molecule has 0 aromatic heterocycles. The van der Waals surface area contributed by atoms with Crippen LogP contribution in [-0.4, -0.2) is 45.1 Å². The van der Waals surface area contributed by atoms with Gasteiger partial charge in [0.15, 0.2) is 0 Å². The summed E-state index contributed by atoms with van der Waals surface area (Å²) in [6.45, 7) is 0.852. The van der Waals surface area contributed by atoms with Crippen molar-refractivity contribution >= 4 is 15.9 Å². The third-order valence-electron chi connectivity index (χ3n) is 5.27. The lowest BCUT2D eigenvalue weighted by atomic mass is 9.86. The molecule has 1 saturated heterocycles. The van der Waals surface area contributed by atoms with E-state index in [0.717, 1.165) is 25.0 Å². The Morgan fingerprint density at radius 2 is 1.96 bits per heavy atom. The molecule has 1 aliphatic carbocycles. The number of amides is 1. The van der Waals surface area contributed by atoms with Crippen molar-refractivity contribution in [1.29, 1.82) is 0 Å². The van der Waals surface area contributed by atoms with Gasteiger partial charge in [0.25, 0.3) is 0 Å². The Bertz CT molecular complexity index is 739. The Balaban J connectivity index is 1.63. The van der Waals surface area contributed by atoms with Crippen molar-refractivity contribution in [2.24, 2.45) is 5.92 Å². The van der Waals surface area contributed by atoms with Crippen molar-refractivity contribution < 1.29 is 17.9 Å². The predicted octanol–water partition coefficient (Wildman–Crippen LogP) is 1.86. The molecule has 2 aliphatic rings. The fourth-order valence-electron chi connectivity index (χ4n) is 3.81. The van der Waals surface area contributed by atoms with Gasteiger partial charge in [0.05, 0.1) is 19.4 Å². The third-order valence-corrected chi connectivity index (χ3v) is 6.58. The predicted molar refractivity (Wildman–Crippen MR) is 96.0 cm³/mol. The van der Waals surface area contributed by atoms with Crippen LogP contribution in [0.25, 0.3) is 0 Å². The van der Waals surface area contributed by atoms with E-state index < -0.39 is 10.0 Å². The summed E-state index contributed by atoms with van der Waals surface area (Å²) >= 11 is 0. The van der Waals surface area contributed by atoms with E-state index in [1.54, 1.807) is 7.11 Å². The van der Waals surface area contributed by atoms with Crippen LogP contribution in [0.4, 0.5) is 0 Å². The van der Waals surface area contributed by atoms with Gasteiger partial charge >= 0.3 is 0 Å². The maximum Gasteiger partial charge on any atom is 0.223 e. The van der Waals surface area contributed by atoms with Gasteiger partial charge in [0.1, 0.15) is 5.75 Å². The topological polar surface area (TPSA) is 75.7 Å². The van der Waals surface area contributed by atoms with E-state index >= 15 is 0 Å². The van der Waals surface area contributed by atoms with Crippen molar-refractivity contribution in [3.05, 3.63) is 29.3 Å². The van der Waals surface area contributed by atoms with Crippen LogP contribution in [0, 0.1) is 5.92 Å². The Hall–Kier alpha value is -1.60. The molecular formula is C18H26N2O4S. The summed E-state index contributed by atoms with van der Waals surface area (Å²) in [5, 5.41) is 3.19. The SMILES string of the molecule is COc1ccc2c(c1)CCC[C@@H]2NC(=O)C1CCN(S(C)(=O)=O)CC1. The van der Waals surface area contributed by atoms with Gasteiger partial charge in [-0.2, -0.15) is 0 Å². The van der Waals surface area contributed by atoms with Crippen LogP contribution in [0.15, 0.2) is 18.2 Å². The van der Waals surface area contributed by atoms with Crippen molar-refractivity contribution in [2.45, 2.75) is 38.1 Å². The Kier molecular flexibility index (Phi) is 5.34. The molecule has 138 valence electrons. The molecule has 1 N–H and O–H groups in total. The smallest absolute Gasteiger partial charge is 0.223 e. The van der Waals surface area contributed by atoms with Gasteiger partial charge in [0, 0.05) is 19.0 Å². The number of aryl methyl sites for hydroxylation is 1. The number of sulfonamides is 1. The van der Waals surface area contributed by atoms with E-state index in [1.165, 1.54) is 21.7 Å². The molecule has 1 heterocycles. The normalized spacial score (nSPS) is 22.2. The number of benzene rings is 1. The number of hydrogen-bond donors (Lipinski definition) is 1. The zero-order chi connectivity index (χ0) is 18.0. The number of nitrogens with zero attached hydrogens (tertiary/aromatic N) is 1. The highest BCUT2D eigenvalue weighted by molar-refractivity contribution is 7.88. The number of ether oxygens (including phenoxy) is 1. The number of carbonyl (C=O) groups excluding carboxylic acids is 1. The third kappa shape index (κ3) is 4.15. The van der Waals surface area contributed by atoms with Crippen LogP contribution in [0.2, 0.25) is 0 Å². The summed E-state index contributed by atoms with van der Waals surface area (Å²) in [5.41, 5.74) is 2.41. The Labute approximate surface area is 149 Å². The number of piperidine rings is 1. The minimum absolute atomic E-state index is 0.0371. The number of methoxy groups -OCH3 is 1. The molecule has 25 heavy (non-hydrogen) atoms. The molecule has 6 nitrogen and oxygen atoms in total. The van der Waals surface area contributed by atoms with Gasteiger partial charge in [-0.1, -0.05) is 6.07 Å². The van der Waals surface area contributed by atoms with Crippen molar-refractivity contribution in [3.8, 4) is 5.75 Å². The molecule has 1 aromatic rings. The zero-order valence-corrected chi connectivity index (χ0v) is 15.6. The number of nitrogens with one attached hydrogen (secondary N) is 1. The molecule has 1 amide bonds. The molecule has 7 heteroatoms. The standard InChI is InChI=1S/C18H26N2O4S/c1-24-15-6-7-16-14(12-15)4-3-5-17(16)19-18(21)13-8-10-20(11-9-13)25(2,22)23/h6-7,12-13,17H,3-5,8-11H2,1-2H3,(H,19,21)/t17-/m0/s1. The lowest BCUT2D eigenvalue weighted by Gasteiger charge is -2.32. The lowest BCUT2D eigenvalue weighted by molar-refractivity contribution is -0.127. The Morgan fingerprint density at radius 1 is 1.24 bits per heavy atom. The number of rotatable bonds is 4. The second-order valence-corrected chi connectivity index (χ2v) is 8.94. The van der Waals surface area contributed by atoms with E-state index in [-0.39, 0.29) is 17.9 Å². The van der Waals surface area contributed by atoms with Gasteiger partial charge < -0.3 is 10.1 Å². The number of carbonyl (C=O) groups is 1. The minimum Gasteiger partial charge on any atom is -0.497 e. The van der Waals surface area contributed by atoms with E-state index in [0.29, 0.717) is 25.9 Å². The summed E-state index contributed by atoms with van der Waals surface area (Å²) in [4.78, 5) is 12.7. The maximum atomic E-state index is 12.7. The largest absolute Gasteiger partial charge is 0.497 e. The number of hydrogen-bond acceptors (Lipinski definition) is 4. The molecule has 1 fully saturated rings. The second-order valence-electron chi connectivity index (χ2n) is 6.95. The summed E-state index contributed by atoms with van der Waals surface area (Å²) < 4.78 is 29.9. The molecule has 1 atom stereocenters. The van der Waals surface area contributed by atoms with Crippen molar-refractivity contribution in [2.75, 3.05) is 26.5 Å². The van der Waals surface area contributed by atoms with E-state index in [9.17, 15) is 13.2 Å². The van der Waals surface area contributed by atoms with E-state index in [2.05, 4.69) is 11.4 Å². The molecule has 1 aliphatic heterocycles. The van der Waals surface area contributed by atoms with Gasteiger partial charge in [0.2, 0.25) is 15.9 Å². The highest BCUT2D eigenvalue weighted by Crippen LogP contribution is 2.32. The zero-order valence-electron chi connectivity index (χ0n) is 14.8. The van der Waals surface area contributed by atoms with Crippen LogP contribution in [0.1, 0.15) is 42.9 Å². The monoisotopic (exact) mass is 366 g/mol. The van der Waals surface area contributed by atoms with Crippen LogP contribution in [0.5, 0.6) is 5.75 Å². The molecule has 0 radical (unpaired) electrons. The minimum atomic E-state index is -3.16. The summed E-state index contributed by atoms with van der Waals surface area (Å²) in [7, 11) is -1.50. The quantitative estimate of drug-likeness (QED) is 0.882. The van der Waals surface area contributed by atoms with Gasteiger partial charge in [-0.15, -0.1) is 0 Å². The first-order chi connectivity index (χ1) is 11.9. The highest BCUT2D eigenvalue weighted by atomic mass is 32.2. The highest BCUT2D eigenvalue weighted by Gasteiger charge is 2.31. The summed E-state index contributed by atoms with van der Waals surface area (Å²) in [5.74, 6) is 0.780. The molecule has 0 spiro atoms. The molecule has 0 saturated carbocycles. The fraction of sp³-hybridized carbons (Fsp3) is 0.611.